The van der Waals surface area contributed by atoms with Gasteiger partial charge in [0.05, 0.1) is 11.8 Å². The highest BCUT2D eigenvalue weighted by molar-refractivity contribution is 5.60. The Morgan fingerprint density at radius 2 is 1.81 bits per heavy atom. The minimum atomic E-state index is -0.530. The third-order valence-electron chi connectivity index (χ3n) is 1.90. The molecule has 0 aliphatic heterocycles. The van der Waals surface area contributed by atoms with Gasteiger partial charge in [-0.1, -0.05) is 0 Å². The van der Waals surface area contributed by atoms with E-state index in [0.717, 1.165) is 5.69 Å². The quantitative estimate of drug-likeness (QED) is 0.627. The van der Waals surface area contributed by atoms with E-state index in [-0.39, 0.29) is 5.82 Å². The molecule has 0 fully saturated rings. The molecule has 0 aromatic carbocycles. The Morgan fingerprint density at radius 1 is 1.12 bits per heavy atom. The fourth-order valence-corrected chi connectivity index (χ4v) is 1.20. The van der Waals surface area contributed by atoms with Crippen molar-refractivity contribution in [2.24, 2.45) is 0 Å². The summed E-state index contributed by atoms with van der Waals surface area (Å²) in [6, 6.07) is 6.58. The van der Waals surface area contributed by atoms with Gasteiger partial charge in [-0.2, -0.15) is 0 Å². The predicted molar refractivity (Wildman–Crippen MR) is 58.4 cm³/mol. The molecule has 2 aromatic heterocycles. The van der Waals surface area contributed by atoms with E-state index in [2.05, 4.69) is 15.3 Å². The molecule has 6 heteroatoms. The van der Waals surface area contributed by atoms with E-state index in [0.29, 0.717) is 5.69 Å². The predicted octanol–water partition coefficient (Wildman–Crippen LogP) is 2.13. The second-order valence-corrected chi connectivity index (χ2v) is 3.02. The maximum Gasteiger partial charge on any atom is 0.365 e. The molecule has 1 N–H and O–H groups in total. The van der Waals surface area contributed by atoms with E-state index in [9.17, 15) is 10.1 Å². The lowest BCUT2D eigenvalue weighted by atomic mass is 10.3. The van der Waals surface area contributed by atoms with Crippen molar-refractivity contribution >= 4 is 17.2 Å². The van der Waals surface area contributed by atoms with Crippen LogP contribution in [0.15, 0.2) is 42.9 Å². The third-order valence-corrected chi connectivity index (χ3v) is 1.90. The van der Waals surface area contributed by atoms with Crippen LogP contribution in [0.4, 0.5) is 17.2 Å². The first kappa shape index (κ1) is 10.0. The number of rotatable bonds is 3. The Bertz CT molecular complexity index is 501. The number of hydrogen-bond donors (Lipinski definition) is 1. The van der Waals surface area contributed by atoms with E-state index in [4.69, 9.17) is 0 Å². The zero-order valence-corrected chi connectivity index (χ0v) is 8.20. The summed E-state index contributed by atoms with van der Waals surface area (Å²) in [6.45, 7) is 0. The minimum Gasteiger partial charge on any atom is -0.358 e. The standard InChI is InChI=1S/C10H8N4O2/c15-14(16)10-7-9(3-6-12-10)13-8-1-4-11-5-2-8/h1-7H,(H,11,12,13). The van der Waals surface area contributed by atoms with Gasteiger partial charge in [-0.3, -0.25) is 4.98 Å². The average Bonchev–Trinajstić information content (AvgIpc) is 2.30. The number of anilines is 2. The number of pyridine rings is 2. The topological polar surface area (TPSA) is 81.0 Å². The molecule has 0 bridgehead atoms. The molecule has 0 amide bonds. The van der Waals surface area contributed by atoms with Gasteiger partial charge in [-0.15, -0.1) is 0 Å². The molecular formula is C10H8N4O2. The lowest BCUT2D eigenvalue weighted by molar-refractivity contribution is -0.389. The van der Waals surface area contributed by atoms with Crippen molar-refractivity contribution in [1.29, 1.82) is 0 Å². The van der Waals surface area contributed by atoms with Crippen molar-refractivity contribution in [3.8, 4) is 0 Å². The number of hydrogen-bond acceptors (Lipinski definition) is 5. The zero-order chi connectivity index (χ0) is 11.4. The summed E-state index contributed by atoms with van der Waals surface area (Å²) < 4.78 is 0. The van der Waals surface area contributed by atoms with Gasteiger partial charge in [0.1, 0.15) is 6.20 Å². The SMILES string of the molecule is O=[N+]([O-])c1cc(Nc2ccncc2)ccn1. The van der Waals surface area contributed by atoms with Gasteiger partial charge in [0.15, 0.2) is 0 Å². The Kier molecular flexibility index (Phi) is 2.73. The number of nitrogens with one attached hydrogen (secondary N) is 1. The summed E-state index contributed by atoms with van der Waals surface area (Å²) in [4.78, 5) is 17.5. The summed E-state index contributed by atoms with van der Waals surface area (Å²) in [7, 11) is 0. The monoisotopic (exact) mass is 216 g/mol. The van der Waals surface area contributed by atoms with Gasteiger partial charge in [-0.05, 0) is 22.0 Å². The van der Waals surface area contributed by atoms with Crippen LogP contribution in [0.1, 0.15) is 0 Å². The molecule has 0 atom stereocenters. The van der Waals surface area contributed by atoms with Crippen molar-refractivity contribution in [2.45, 2.75) is 0 Å². The van der Waals surface area contributed by atoms with Crippen LogP contribution in [0.5, 0.6) is 0 Å². The first-order valence-corrected chi connectivity index (χ1v) is 4.53. The maximum atomic E-state index is 10.5. The van der Waals surface area contributed by atoms with Crippen LogP contribution in [0, 0.1) is 10.1 Å². The van der Waals surface area contributed by atoms with Gasteiger partial charge in [0.25, 0.3) is 0 Å². The smallest absolute Gasteiger partial charge is 0.358 e. The van der Waals surface area contributed by atoms with E-state index < -0.39 is 4.92 Å². The van der Waals surface area contributed by atoms with Crippen LogP contribution < -0.4 is 5.32 Å². The summed E-state index contributed by atoms with van der Waals surface area (Å²) in [5, 5.41) is 13.5. The van der Waals surface area contributed by atoms with Crippen molar-refractivity contribution in [3.63, 3.8) is 0 Å². The molecule has 2 rings (SSSR count). The number of nitrogens with zero attached hydrogens (tertiary/aromatic N) is 3. The average molecular weight is 216 g/mol. The maximum absolute atomic E-state index is 10.5. The lowest BCUT2D eigenvalue weighted by Gasteiger charge is -2.04. The first-order chi connectivity index (χ1) is 7.75. The molecule has 0 aliphatic rings. The zero-order valence-electron chi connectivity index (χ0n) is 8.20. The molecule has 0 saturated carbocycles. The van der Waals surface area contributed by atoms with Crippen molar-refractivity contribution < 1.29 is 4.92 Å². The highest BCUT2D eigenvalue weighted by Crippen LogP contribution is 2.18. The number of aromatic nitrogens is 2. The fraction of sp³-hybridized carbons (Fsp3) is 0. The molecule has 0 radical (unpaired) electrons. The minimum absolute atomic E-state index is 0.181. The molecule has 80 valence electrons. The van der Waals surface area contributed by atoms with Crippen LogP contribution >= 0.6 is 0 Å². The van der Waals surface area contributed by atoms with Gasteiger partial charge in [0.2, 0.25) is 0 Å². The van der Waals surface area contributed by atoms with E-state index in [1.165, 1.54) is 12.3 Å². The van der Waals surface area contributed by atoms with Crippen molar-refractivity contribution in [1.82, 2.24) is 9.97 Å². The summed E-state index contributed by atoms with van der Waals surface area (Å²) in [5.74, 6) is -0.181. The van der Waals surface area contributed by atoms with Gasteiger partial charge in [-0.25, -0.2) is 0 Å². The van der Waals surface area contributed by atoms with E-state index in [1.54, 1.807) is 30.6 Å². The molecule has 16 heavy (non-hydrogen) atoms. The molecule has 0 spiro atoms. The van der Waals surface area contributed by atoms with Crippen LogP contribution in [-0.2, 0) is 0 Å². The summed E-state index contributed by atoms with van der Waals surface area (Å²) in [6.07, 6.45) is 4.66. The van der Waals surface area contributed by atoms with Crippen LogP contribution in [0.2, 0.25) is 0 Å². The van der Waals surface area contributed by atoms with Crippen molar-refractivity contribution in [3.05, 3.63) is 53.0 Å². The molecular weight excluding hydrogens is 208 g/mol. The molecule has 0 aliphatic carbocycles. The van der Waals surface area contributed by atoms with Gasteiger partial charge >= 0.3 is 5.82 Å². The Morgan fingerprint density at radius 3 is 2.50 bits per heavy atom. The first-order valence-electron chi connectivity index (χ1n) is 4.53. The molecule has 0 unspecified atom stereocenters. The Hall–Kier alpha value is -2.50. The van der Waals surface area contributed by atoms with Crippen LogP contribution in [-0.4, -0.2) is 14.9 Å². The fourth-order valence-electron chi connectivity index (χ4n) is 1.20. The third kappa shape index (κ3) is 2.30. The second-order valence-electron chi connectivity index (χ2n) is 3.02. The molecule has 2 heterocycles. The van der Waals surface area contributed by atoms with Gasteiger partial charge < -0.3 is 15.4 Å². The molecule has 2 aromatic rings. The van der Waals surface area contributed by atoms with Crippen molar-refractivity contribution in [2.75, 3.05) is 5.32 Å². The number of nitro groups is 1. The highest BCUT2D eigenvalue weighted by Gasteiger charge is 2.06. The molecule has 6 nitrogen and oxygen atoms in total. The highest BCUT2D eigenvalue weighted by atomic mass is 16.6. The van der Waals surface area contributed by atoms with E-state index >= 15 is 0 Å². The van der Waals surface area contributed by atoms with Crippen LogP contribution in [0.3, 0.4) is 0 Å². The summed E-state index contributed by atoms with van der Waals surface area (Å²) >= 11 is 0. The summed E-state index contributed by atoms with van der Waals surface area (Å²) in [5.41, 5.74) is 1.43. The Balaban J connectivity index is 2.22. The second kappa shape index (κ2) is 4.35. The van der Waals surface area contributed by atoms with Crippen LogP contribution in [0.25, 0.3) is 0 Å². The van der Waals surface area contributed by atoms with Gasteiger partial charge in [0, 0.05) is 24.1 Å². The van der Waals surface area contributed by atoms with E-state index in [1.807, 2.05) is 0 Å². The largest absolute Gasteiger partial charge is 0.365 e. The lowest BCUT2D eigenvalue weighted by Crippen LogP contribution is -1.95. The Labute approximate surface area is 91.1 Å². The molecule has 0 saturated heterocycles. The normalized spacial score (nSPS) is 9.75.